The number of carboxylic acid groups (broad SMARTS) is 1. The average molecular weight is 191 g/mol. The molecule has 0 spiro atoms. The number of nitrogens with zero attached hydrogens (tertiary/aromatic N) is 1. The molecule has 0 bridgehead atoms. The fraction of sp³-hybridized carbons (Fsp3) is 0.875. The Labute approximate surface area is 78.1 Å². The molecule has 0 aromatic rings. The van der Waals surface area contributed by atoms with Gasteiger partial charge in [-0.05, 0) is 14.1 Å². The van der Waals surface area contributed by atoms with Gasteiger partial charge < -0.3 is 10.0 Å². The molecule has 0 aliphatic rings. The van der Waals surface area contributed by atoms with Crippen LogP contribution in [0.4, 0.5) is 0 Å². The van der Waals surface area contributed by atoms with Crippen LogP contribution >= 0.6 is 11.8 Å². The Morgan fingerprint density at radius 2 is 2.17 bits per heavy atom. The number of hydrogen-bond donors (Lipinski definition) is 1. The molecule has 1 unspecified atom stereocenters. The van der Waals surface area contributed by atoms with Crippen LogP contribution in [0.2, 0.25) is 0 Å². The van der Waals surface area contributed by atoms with Gasteiger partial charge in [0.1, 0.15) is 0 Å². The van der Waals surface area contributed by atoms with E-state index >= 15 is 0 Å². The zero-order valence-electron chi connectivity index (χ0n) is 7.91. The van der Waals surface area contributed by atoms with Crippen molar-refractivity contribution in [2.45, 2.75) is 18.6 Å². The van der Waals surface area contributed by atoms with Gasteiger partial charge in [0.15, 0.2) is 0 Å². The Kier molecular flexibility index (Phi) is 6.20. The summed E-state index contributed by atoms with van der Waals surface area (Å²) in [5, 5.41) is 8.69. The van der Waals surface area contributed by atoms with Crippen LogP contribution in [0.15, 0.2) is 0 Å². The molecule has 0 amide bonds. The van der Waals surface area contributed by atoms with Gasteiger partial charge in [0.05, 0.1) is 6.42 Å². The lowest BCUT2D eigenvalue weighted by Gasteiger charge is -2.11. The highest BCUT2D eigenvalue weighted by molar-refractivity contribution is 7.99. The van der Waals surface area contributed by atoms with Crippen molar-refractivity contribution in [1.29, 1.82) is 0 Å². The molecule has 0 saturated carbocycles. The van der Waals surface area contributed by atoms with Crippen molar-refractivity contribution < 1.29 is 9.90 Å². The van der Waals surface area contributed by atoms with Crippen molar-refractivity contribution in [3.63, 3.8) is 0 Å². The Morgan fingerprint density at radius 1 is 1.58 bits per heavy atom. The minimum Gasteiger partial charge on any atom is -0.481 e. The maximum atomic E-state index is 10.3. The van der Waals surface area contributed by atoms with Gasteiger partial charge in [-0.3, -0.25) is 4.79 Å². The van der Waals surface area contributed by atoms with Crippen LogP contribution < -0.4 is 0 Å². The molecule has 1 atom stereocenters. The topological polar surface area (TPSA) is 40.5 Å². The summed E-state index contributed by atoms with van der Waals surface area (Å²) in [6.45, 7) is 2.96. The summed E-state index contributed by atoms with van der Waals surface area (Å²) in [6.07, 6.45) is 0.262. The lowest BCUT2D eigenvalue weighted by molar-refractivity contribution is -0.136. The van der Waals surface area contributed by atoms with E-state index in [0.717, 1.165) is 12.3 Å². The molecule has 1 N–H and O–H groups in total. The second-order valence-electron chi connectivity index (χ2n) is 3.08. The normalized spacial score (nSPS) is 13.3. The summed E-state index contributed by atoms with van der Waals surface area (Å²) >= 11 is 1.71. The van der Waals surface area contributed by atoms with Crippen molar-refractivity contribution in [2.24, 2.45) is 0 Å². The molecule has 0 aliphatic carbocycles. The first-order valence-corrected chi connectivity index (χ1v) is 5.05. The third-order valence-corrected chi connectivity index (χ3v) is 2.56. The van der Waals surface area contributed by atoms with E-state index in [-0.39, 0.29) is 11.7 Å². The van der Waals surface area contributed by atoms with Gasteiger partial charge in [0.2, 0.25) is 0 Å². The van der Waals surface area contributed by atoms with Crippen molar-refractivity contribution in [3.05, 3.63) is 0 Å². The lowest BCUT2D eigenvalue weighted by atomic mass is 10.3. The smallest absolute Gasteiger partial charge is 0.304 e. The molecule has 0 aromatic carbocycles. The molecule has 0 aromatic heterocycles. The summed E-state index contributed by atoms with van der Waals surface area (Å²) in [5.74, 6) is 0.293. The van der Waals surface area contributed by atoms with Crippen LogP contribution in [0, 0.1) is 0 Å². The van der Waals surface area contributed by atoms with Gasteiger partial charge in [-0.2, -0.15) is 11.8 Å². The minimum atomic E-state index is -0.708. The molecule has 0 heterocycles. The highest BCUT2D eigenvalue weighted by atomic mass is 32.2. The highest BCUT2D eigenvalue weighted by Crippen LogP contribution is 2.13. The summed E-state index contributed by atoms with van der Waals surface area (Å²) in [4.78, 5) is 12.4. The Bertz CT molecular complexity index is 139. The zero-order chi connectivity index (χ0) is 9.56. The van der Waals surface area contributed by atoms with E-state index in [1.807, 2.05) is 21.0 Å². The largest absolute Gasteiger partial charge is 0.481 e. The minimum absolute atomic E-state index is 0.224. The Morgan fingerprint density at radius 3 is 2.58 bits per heavy atom. The van der Waals surface area contributed by atoms with Crippen LogP contribution in [0.25, 0.3) is 0 Å². The van der Waals surface area contributed by atoms with Gasteiger partial charge in [-0.25, -0.2) is 0 Å². The fourth-order valence-corrected chi connectivity index (χ4v) is 1.87. The first-order valence-electron chi connectivity index (χ1n) is 4.00. The van der Waals surface area contributed by atoms with Crippen LogP contribution in [-0.4, -0.2) is 47.6 Å². The van der Waals surface area contributed by atoms with Crippen LogP contribution in [-0.2, 0) is 4.79 Å². The lowest BCUT2D eigenvalue weighted by Crippen LogP contribution is -2.16. The zero-order valence-corrected chi connectivity index (χ0v) is 8.73. The van der Waals surface area contributed by atoms with Crippen LogP contribution in [0.3, 0.4) is 0 Å². The number of aliphatic carboxylic acids is 1. The van der Waals surface area contributed by atoms with Crippen molar-refractivity contribution in [3.8, 4) is 0 Å². The number of hydrogen-bond acceptors (Lipinski definition) is 3. The molecule has 72 valence electrons. The first kappa shape index (κ1) is 11.8. The van der Waals surface area contributed by atoms with E-state index in [0.29, 0.717) is 0 Å². The number of carboxylic acids is 1. The van der Waals surface area contributed by atoms with Crippen LogP contribution in [0.1, 0.15) is 13.3 Å². The number of carbonyl (C=O) groups is 1. The molecular weight excluding hydrogens is 174 g/mol. The van der Waals surface area contributed by atoms with E-state index in [2.05, 4.69) is 4.90 Å². The van der Waals surface area contributed by atoms with Gasteiger partial charge >= 0.3 is 5.97 Å². The molecule has 0 radical (unpaired) electrons. The Balaban J connectivity index is 3.31. The van der Waals surface area contributed by atoms with Crippen LogP contribution in [0.5, 0.6) is 0 Å². The summed E-state index contributed by atoms with van der Waals surface area (Å²) in [7, 11) is 4.03. The molecule has 0 aliphatic heterocycles. The van der Waals surface area contributed by atoms with Crippen molar-refractivity contribution in [2.75, 3.05) is 26.4 Å². The standard InChI is InChI=1S/C8H17NO2S/c1-7(6-8(10)11)12-5-4-9(2)3/h7H,4-6H2,1-3H3,(H,10,11). The summed E-state index contributed by atoms with van der Waals surface area (Å²) in [5.41, 5.74) is 0. The van der Waals surface area contributed by atoms with Crippen molar-refractivity contribution >= 4 is 17.7 Å². The average Bonchev–Trinajstić information content (AvgIpc) is 1.84. The third-order valence-electron chi connectivity index (χ3n) is 1.40. The second kappa shape index (κ2) is 6.31. The summed E-state index contributed by atoms with van der Waals surface area (Å²) in [6, 6.07) is 0. The molecule has 0 rings (SSSR count). The van der Waals surface area contributed by atoms with Gasteiger partial charge in [0, 0.05) is 17.5 Å². The van der Waals surface area contributed by atoms with Crippen molar-refractivity contribution in [1.82, 2.24) is 4.90 Å². The predicted octanol–water partition coefficient (Wildman–Crippen LogP) is 1.14. The summed E-state index contributed by atoms with van der Waals surface area (Å²) < 4.78 is 0. The second-order valence-corrected chi connectivity index (χ2v) is 4.63. The Hall–Kier alpha value is -0.220. The number of rotatable bonds is 6. The maximum absolute atomic E-state index is 10.3. The maximum Gasteiger partial charge on any atom is 0.304 e. The van der Waals surface area contributed by atoms with E-state index in [1.54, 1.807) is 11.8 Å². The predicted molar refractivity (Wildman–Crippen MR) is 52.7 cm³/mol. The molecule has 0 saturated heterocycles. The SMILES string of the molecule is CC(CC(=O)O)SCCN(C)C. The third kappa shape index (κ3) is 7.88. The molecule has 0 fully saturated rings. The monoisotopic (exact) mass is 191 g/mol. The molecule has 4 heteroatoms. The van der Waals surface area contributed by atoms with E-state index in [1.165, 1.54) is 0 Å². The quantitative estimate of drug-likeness (QED) is 0.683. The fourth-order valence-electron chi connectivity index (χ4n) is 0.741. The highest BCUT2D eigenvalue weighted by Gasteiger charge is 2.07. The van der Waals surface area contributed by atoms with E-state index in [4.69, 9.17) is 5.11 Å². The van der Waals surface area contributed by atoms with Gasteiger partial charge in [-0.1, -0.05) is 6.92 Å². The molecule has 3 nitrogen and oxygen atoms in total. The van der Waals surface area contributed by atoms with E-state index in [9.17, 15) is 4.79 Å². The van der Waals surface area contributed by atoms with Gasteiger partial charge in [-0.15, -0.1) is 0 Å². The van der Waals surface area contributed by atoms with Gasteiger partial charge in [0.25, 0.3) is 0 Å². The first-order chi connectivity index (χ1) is 5.52. The molecule has 12 heavy (non-hydrogen) atoms. The molecular formula is C8H17NO2S. The number of thioether (sulfide) groups is 1. The van der Waals surface area contributed by atoms with E-state index < -0.39 is 5.97 Å².